The van der Waals surface area contributed by atoms with Gasteiger partial charge in [0.05, 0.1) is 0 Å². The summed E-state index contributed by atoms with van der Waals surface area (Å²) in [5.74, 6) is 0.407. The monoisotopic (exact) mass is 237 g/mol. The summed E-state index contributed by atoms with van der Waals surface area (Å²) in [7, 11) is 0. The summed E-state index contributed by atoms with van der Waals surface area (Å²) >= 11 is 0. The van der Waals surface area contributed by atoms with Crippen LogP contribution in [0.25, 0.3) is 0 Å². The van der Waals surface area contributed by atoms with Gasteiger partial charge in [-0.1, -0.05) is 12.8 Å². The molecule has 0 bridgehead atoms. The van der Waals surface area contributed by atoms with Crippen LogP contribution in [-0.4, -0.2) is 33.3 Å². The zero-order valence-corrected chi connectivity index (χ0v) is 9.88. The molecule has 0 aliphatic heterocycles. The zero-order valence-electron chi connectivity index (χ0n) is 9.88. The number of rotatable bonds is 4. The van der Waals surface area contributed by atoms with Crippen molar-refractivity contribution >= 4 is 5.91 Å². The van der Waals surface area contributed by atoms with E-state index in [9.17, 15) is 4.79 Å². The Bertz CT molecular complexity index is 351. The van der Waals surface area contributed by atoms with Crippen molar-refractivity contribution in [3.05, 3.63) is 12.7 Å². The average Bonchev–Trinajstić information content (AvgIpc) is 2.82. The largest absolute Gasteiger partial charge is 0.351 e. The van der Waals surface area contributed by atoms with Crippen LogP contribution in [-0.2, 0) is 11.3 Å². The van der Waals surface area contributed by atoms with Crippen LogP contribution in [0.3, 0.4) is 0 Å². The maximum absolute atomic E-state index is 11.8. The van der Waals surface area contributed by atoms with Crippen LogP contribution in [0.4, 0.5) is 0 Å². The van der Waals surface area contributed by atoms with Crippen LogP contribution >= 0.6 is 0 Å². The molecule has 1 aromatic rings. The van der Waals surface area contributed by atoms with Crippen LogP contribution in [0, 0.1) is 5.92 Å². The number of hydrogen-bond acceptors (Lipinski definition) is 4. The summed E-state index contributed by atoms with van der Waals surface area (Å²) < 4.78 is 1.52. The minimum Gasteiger partial charge on any atom is -0.351 e. The summed E-state index contributed by atoms with van der Waals surface area (Å²) in [4.78, 5) is 15.6. The Kier molecular flexibility index (Phi) is 4.08. The summed E-state index contributed by atoms with van der Waals surface area (Å²) in [5.41, 5.74) is 5.73. The van der Waals surface area contributed by atoms with E-state index in [0.29, 0.717) is 12.5 Å². The van der Waals surface area contributed by atoms with E-state index in [-0.39, 0.29) is 18.5 Å². The quantitative estimate of drug-likeness (QED) is 0.766. The van der Waals surface area contributed by atoms with Gasteiger partial charge < -0.3 is 11.1 Å². The summed E-state index contributed by atoms with van der Waals surface area (Å²) in [5, 5.41) is 6.96. The first-order valence-corrected chi connectivity index (χ1v) is 6.11. The lowest BCUT2D eigenvalue weighted by atomic mass is 9.84. The van der Waals surface area contributed by atoms with Crippen molar-refractivity contribution in [2.45, 2.75) is 38.3 Å². The Hall–Kier alpha value is -1.43. The van der Waals surface area contributed by atoms with Crippen LogP contribution in [0.5, 0.6) is 0 Å². The van der Waals surface area contributed by atoms with Crippen LogP contribution in [0.2, 0.25) is 0 Å². The Morgan fingerprint density at radius 3 is 3.00 bits per heavy atom. The molecule has 0 spiro atoms. The van der Waals surface area contributed by atoms with E-state index in [0.717, 1.165) is 12.8 Å². The molecule has 6 heteroatoms. The van der Waals surface area contributed by atoms with Gasteiger partial charge in [0.1, 0.15) is 19.2 Å². The van der Waals surface area contributed by atoms with E-state index in [1.54, 1.807) is 6.33 Å². The van der Waals surface area contributed by atoms with Crippen molar-refractivity contribution in [3.8, 4) is 0 Å². The van der Waals surface area contributed by atoms with Crippen molar-refractivity contribution in [1.29, 1.82) is 0 Å². The molecular formula is C11H19N5O. The lowest BCUT2D eigenvalue weighted by Crippen LogP contribution is -2.45. The molecule has 1 heterocycles. The van der Waals surface area contributed by atoms with Crippen molar-refractivity contribution in [1.82, 2.24) is 20.1 Å². The van der Waals surface area contributed by atoms with Crippen molar-refractivity contribution < 1.29 is 4.79 Å². The Balaban J connectivity index is 1.84. The Morgan fingerprint density at radius 1 is 1.47 bits per heavy atom. The Labute approximate surface area is 101 Å². The molecule has 1 saturated carbocycles. The first kappa shape index (κ1) is 12.0. The molecular weight excluding hydrogens is 218 g/mol. The van der Waals surface area contributed by atoms with Crippen LogP contribution in [0.1, 0.15) is 25.7 Å². The molecule has 1 fully saturated rings. The van der Waals surface area contributed by atoms with Gasteiger partial charge in [0.2, 0.25) is 5.91 Å². The van der Waals surface area contributed by atoms with E-state index >= 15 is 0 Å². The van der Waals surface area contributed by atoms with Gasteiger partial charge in [-0.05, 0) is 25.3 Å². The third kappa shape index (κ3) is 3.26. The molecule has 1 aliphatic rings. The topological polar surface area (TPSA) is 85.8 Å². The van der Waals surface area contributed by atoms with Gasteiger partial charge in [0.15, 0.2) is 0 Å². The molecule has 6 nitrogen and oxygen atoms in total. The van der Waals surface area contributed by atoms with Crippen molar-refractivity contribution in [2.75, 3.05) is 6.54 Å². The maximum atomic E-state index is 11.8. The number of aromatic nitrogens is 3. The predicted octanol–water partition coefficient (Wildman–Crippen LogP) is -0.0882. The highest BCUT2D eigenvalue weighted by atomic mass is 16.2. The van der Waals surface area contributed by atoms with Crippen LogP contribution in [0.15, 0.2) is 12.7 Å². The van der Waals surface area contributed by atoms with E-state index in [1.165, 1.54) is 23.9 Å². The fraction of sp³-hybridized carbons (Fsp3) is 0.727. The molecule has 3 N–H and O–H groups in total. The van der Waals surface area contributed by atoms with Gasteiger partial charge in [-0.15, -0.1) is 0 Å². The number of carbonyl (C=O) groups excluding carboxylic acids is 1. The molecule has 0 aromatic carbocycles. The minimum absolute atomic E-state index is 0.0131. The third-order valence-corrected chi connectivity index (χ3v) is 3.33. The number of amides is 1. The maximum Gasteiger partial charge on any atom is 0.242 e. The van der Waals surface area contributed by atoms with Gasteiger partial charge in [-0.3, -0.25) is 4.79 Å². The molecule has 1 aromatic heterocycles. The minimum atomic E-state index is -0.0131. The second-order valence-corrected chi connectivity index (χ2v) is 4.55. The lowest BCUT2D eigenvalue weighted by molar-refractivity contribution is -0.123. The zero-order chi connectivity index (χ0) is 12.1. The number of nitrogens with zero attached hydrogens (tertiary/aromatic N) is 3. The van der Waals surface area contributed by atoms with E-state index in [1.807, 2.05) is 0 Å². The van der Waals surface area contributed by atoms with E-state index < -0.39 is 0 Å². The average molecular weight is 237 g/mol. The standard InChI is InChI=1S/C11H19N5O/c12-5-9-3-1-2-4-10(9)15-11(17)6-16-8-13-7-14-16/h7-10H,1-6,12H2,(H,15,17). The molecule has 2 unspecified atom stereocenters. The second kappa shape index (κ2) is 5.77. The highest BCUT2D eigenvalue weighted by Gasteiger charge is 2.25. The summed E-state index contributed by atoms with van der Waals surface area (Å²) in [6.07, 6.45) is 7.51. The van der Waals surface area contributed by atoms with Crippen molar-refractivity contribution in [3.63, 3.8) is 0 Å². The van der Waals surface area contributed by atoms with Gasteiger partial charge in [0.25, 0.3) is 0 Å². The molecule has 1 aliphatic carbocycles. The van der Waals surface area contributed by atoms with E-state index in [4.69, 9.17) is 5.73 Å². The fourth-order valence-corrected chi connectivity index (χ4v) is 2.39. The smallest absolute Gasteiger partial charge is 0.242 e. The van der Waals surface area contributed by atoms with Crippen LogP contribution < -0.4 is 11.1 Å². The normalized spacial score (nSPS) is 24.5. The number of carbonyl (C=O) groups is 1. The molecule has 94 valence electrons. The van der Waals surface area contributed by atoms with Gasteiger partial charge >= 0.3 is 0 Å². The number of nitrogens with one attached hydrogen (secondary N) is 1. The first-order chi connectivity index (χ1) is 8.29. The third-order valence-electron chi connectivity index (χ3n) is 3.33. The molecule has 2 rings (SSSR count). The van der Waals surface area contributed by atoms with Crippen molar-refractivity contribution in [2.24, 2.45) is 11.7 Å². The van der Waals surface area contributed by atoms with Gasteiger partial charge in [-0.2, -0.15) is 5.10 Å². The molecule has 1 amide bonds. The van der Waals surface area contributed by atoms with Gasteiger partial charge in [0, 0.05) is 6.04 Å². The van der Waals surface area contributed by atoms with E-state index in [2.05, 4.69) is 15.4 Å². The SMILES string of the molecule is NCC1CCCCC1NC(=O)Cn1cncn1. The molecule has 2 atom stereocenters. The summed E-state index contributed by atoms with van der Waals surface area (Å²) in [6, 6.07) is 0.227. The fourth-order valence-electron chi connectivity index (χ4n) is 2.39. The highest BCUT2D eigenvalue weighted by Crippen LogP contribution is 2.23. The Morgan fingerprint density at radius 2 is 2.29 bits per heavy atom. The second-order valence-electron chi connectivity index (χ2n) is 4.55. The molecule has 0 radical (unpaired) electrons. The lowest BCUT2D eigenvalue weighted by Gasteiger charge is -2.31. The van der Waals surface area contributed by atoms with Gasteiger partial charge in [-0.25, -0.2) is 9.67 Å². The highest BCUT2D eigenvalue weighted by molar-refractivity contribution is 5.75. The predicted molar refractivity (Wildman–Crippen MR) is 63.0 cm³/mol. The number of hydrogen-bond donors (Lipinski definition) is 2. The number of nitrogens with two attached hydrogens (primary N) is 1. The molecule has 17 heavy (non-hydrogen) atoms. The first-order valence-electron chi connectivity index (χ1n) is 6.11. The molecule has 0 saturated heterocycles. The summed E-state index contributed by atoms with van der Waals surface area (Å²) in [6.45, 7) is 0.877.